The maximum Gasteiger partial charge on any atom is 0.135 e. The number of fused-ring (bicyclic) bond motifs is 7. The van der Waals surface area contributed by atoms with Crippen LogP contribution in [0.4, 0.5) is 0 Å². The molecule has 0 bridgehead atoms. The lowest BCUT2D eigenvalue weighted by molar-refractivity contribution is 0.487. The second-order valence-electron chi connectivity index (χ2n) is 12.6. The summed E-state index contributed by atoms with van der Waals surface area (Å²) >= 11 is 0. The van der Waals surface area contributed by atoms with Crippen molar-refractivity contribution in [2.45, 2.75) is 6.92 Å². The molecule has 0 saturated heterocycles. The fourth-order valence-corrected chi connectivity index (χ4v) is 7.73. The van der Waals surface area contributed by atoms with E-state index in [2.05, 4.69) is 169 Å². The highest BCUT2D eigenvalue weighted by Gasteiger charge is 2.21. The van der Waals surface area contributed by atoms with Crippen LogP contribution < -0.4 is 4.74 Å². The molecule has 47 heavy (non-hydrogen) atoms. The number of hydrogen-bond donors (Lipinski definition) is 0. The minimum absolute atomic E-state index is 0.900. The van der Waals surface area contributed by atoms with E-state index in [0.717, 1.165) is 17.1 Å². The monoisotopic (exact) mass is 599 g/mol. The molecule has 9 aromatic rings. The normalized spacial score (nSPS) is 12.1. The van der Waals surface area contributed by atoms with Crippen molar-refractivity contribution in [3.8, 4) is 50.6 Å². The van der Waals surface area contributed by atoms with Crippen molar-refractivity contribution < 1.29 is 4.74 Å². The molecule has 1 aliphatic heterocycles. The van der Waals surface area contributed by atoms with Crippen LogP contribution in [0.25, 0.3) is 82.4 Å². The lowest BCUT2D eigenvalue weighted by Gasteiger charge is -2.22. The molecule has 2 nitrogen and oxygen atoms in total. The minimum atomic E-state index is 0.900. The summed E-state index contributed by atoms with van der Waals surface area (Å²) in [5.41, 5.74) is 12.0. The van der Waals surface area contributed by atoms with E-state index in [1.165, 1.54) is 82.4 Å². The van der Waals surface area contributed by atoms with E-state index in [1.807, 2.05) is 0 Å². The van der Waals surface area contributed by atoms with Gasteiger partial charge in [-0.15, -0.1) is 0 Å². The highest BCUT2D eigenvalue weighted by molar-refractivity contribution is 6.21. The van der Waals surface area contributed by atoms with Crippen LogP contribution in [0.15, 0.2) is 158 Å². The summed E-state index contributed by atoms with van der Waals surface area (Å²) < 4.78 is 8.86. The summed E-state index contributed by atoms with van der Waals surface area (Å²) in [4.78, 5) is 0. The van der Waals surface area contributed by atoms with Gasteiger partial charge in [0.2, 0.25) is 0 Å². The highest BCUT2D eigenvalue weighted by atomic mass is 16.5. The van der Waals surface area contributed by atoms with Crippen LogP contribution >= 0.6 is 0 Å². The van der Waals surface area contributed by atoms with Crippen molar-refractivity contribution in [3.63, 3.8) is 0 Å². The van der Waals surface area contributed by atoms with Gasteiger partial charge in [0.05, 0.1) is 16.7 Å². The molecular formula is C45H29NO. The van der Waals surface area contributed by atoms with Crippen LogP contribution in [0.3, 0.4) is 0 Å². The number of rotatable bonds is 3. The van der Waals surface area contributed by atoms with E-state index >= 15 is 0 Å². The van der Waals surface area contributed by atoms with Crippen LogP contribution in [-0.2, 0) is 0 Å². The molecule has 2 heteroatoms. The topological polar surface area (TPSA) is 14.2 Å². The molecule has 0 saturated carbocycles. The Labute approximate surface area is 272 Å². The van der Waals surface area contributed by atoms with E-state index in [9.17, 15) is 0 Å². The molecular weight excluding hydrogens is 571 g/mol. The van der Waals surface area contributed by atoms with E-state index in [1.54, 1.807) is 0 Å². The van der Waals surface area contributed by atoms with Gasteiger partial charge in [0.1, 0.15) is 11.5 Å². The third-order valence-electron chi connectivity index (χ3n) is 9.92. The molecule has 0 N–H and O–H groups in total. The Balaban J connectivity index is 1.17. The first-order valence-corrected chi connectivity index (χ1v) is 16.2. The Morgan fingerprint density at radius 3 is 2.04 bits per heavy atom. The average molecular weight is 600 g/mol. The number of ether oxygens (including phenoxy) is 1. The van der Waals surface area contributed by atoms with Crippen LogP contribution in [0.1, 0.15) is 5.56 Å². The maximum absolute atomic E-state index is 6.40. The molecule has 0 fully saturated rings. The molecule has 0 atom stereocenters. The van der Waals surface area contributed by atoms with Crippen molar-refractivity contribution in [2.24, 2.45) is 0 Å². The van der Waals surface area contributed by atoms with Gasteiger partial charge < -0.3 is 9.30 Å². The van der Waals surface area contributed by atoms with Gasteiger partial charge in [-0.25, -0.2) is 0 Å². The van der Waals surface area contributed by atoms with Gasteiger partial charge in [0.15, 0.2) is 0 Å². The first-order valence-electron chi connectivity index (χ1n) is 16.2. The zero-order chi connectivity index (χ0) is 31.1. The molecule has 220 valence electrons. The van der Waals surface area contributed by atoms with Gasteiger partial charge >= 0.3 is 0 Å². The number of aromatic nitrogens is 1. The van der Waals surface area contributed by atoms with Crippen LogP contribution in [0.2, 0.25) is 0 Å². The Bertz CT molecular complexity index is 2720. The number of aryl methyl sites for hydroxylation is 1. The molecule has 0 amide bonds. The Kier molecular flexibility index (Phi) is 5.53. The third-order valence-corrected chi connectivity index (χ3v) is 9.92. The second-order valence-corrected chi connectivity index (χ2v) is 12.6. The summed E-state index contributed by atoms with van der Waals surface area (Å²) in [6, 6.07) is 57.1. The summed E-state index contributed by atoms with van der Waals surface area (Å²) in [5, 5.41) is 7.49. The first-order chi connectivity index (χ1) is 23.2. The molecule has 0 spiro atoms. The number of para-hydroxylation sites is 2. The fraction of sp³-hybridized carbons (Fsp3) is 0.0222. The molecule has 1 aromatic heterocycles. The molecule has 10 rings (SSSR count). The van der Waals surface area contributed by atoms with E-state index in [4.69, 9.17) is 4.74 Å². The van der Waals surface area contributed by atoms with Crippen LogP contribution in [0.5, 0.6) is 11.5 Å². The summed E-state index contributed by atoms with van der Waals surface area (Å²) in [5.74, 6) is 1.82. The van der Waals surface area contributed by atoms with Crippen LogP contribution in [0, 0.1) is 6.92 Å². The van der Waals surface area contributed by atoms with Gasteiger partial charge in [-0.2, -0.15) is 0 Å². The summed E-state index contributed by atoms with van der Waals surface area (Å²) in [6.07, 6.45) is 0. The van der Waals surface area contributed by atoms with Gasteiger partial charge in [-0.05, 0) is 93.4 Å². The van der Waals surface area contributed by atoms with Gasteiger partial charge in [0, 0.05) is 27.3 Å². The van der Waals surface area contributed by atoms with Gasteiger partial charge in [-0.3, -0.25) is 0 Å². The standard InChI is InChI=1S/C45H29NO/c1-28-20-21-31(32-23-25-42-38(27-32)35-16-8-11-30-12-9-19-43(47-42)44(30)35)26-37(28)34-14-4-6-17-39(34)46-40-18-7-5-15-36(40)45-33-13-3-2-10-29(33)22-24-41(45)46/h2-27H,1H3. The zero-order valence-electron chi connectivity index (χ0n) is 25.9. The summed E-state index contributed by atoms with van der Waals surface area (Å²) in [7, 11) is 0. The average Bonchev–Trinajstić information content (AvgIpc) is 3.47. The Morgan fingerprint density at radius 2 is 1.13 bits per heavy atom. The molecule has 0 aliphatic carbocycles. The van der Waals surface area contributed by atoms with Crippen molar-refractivity contribution in [1.82, 2.24) is 4.57 Å². The lowest BCUT2D eigenvalue weighted by Crippen LogP contribution is -1.99. The van der Waals surface area contributed by atoms with Crippen molar-refractivity contribution in [1.29, 1.82) is 0 Å². The predicted octanol–water partition coefficient (Wildman–Crippen LogP) is 12.5. The smallest absolute Gasteiger partial charge is 0.135 e. The van der Waals surface area contributed by atoms with E-state index in [0.29, 0.717) is 0 Å². The highest BCUT2D eigenvalue weighted by Crippen LogP contribution is 2.48. The van der Waals surface area contributed by atoms with Crippen molar-refractivity contribution in [2.75, 3.05) is 0 Å². The Morgan fingerprint density at radius 1 is 0.426 bits per heavy atom. The molecule has 8 aromatic carbocycles. The second kappa shape index (κ2) is 9.94. The Hall–Kier alpha value is -6.12. The molecule has 2 heterocycles. The fourth-order valence-electron chi connectivity index (χ4n) is 7.73. The largest absolute Gasteiger partial charge is 0.456 e. The third kappa shape index (κ3) is 3.85. The van der Waals surface area contributed by atoms with Gasteiger partial charge in [-0.1, -0.05) is 115 Å². The number of nitrogens with zero attached hydrogens (tertiary/aromatic N) is 1. The molecule has 0 unspecified atom stereocenters. The molecule has 0 radical (unpaired) electrons. The molecule has 1 aliphatic rings. The van der Waals surface area contributed by atoms with E-state index in [-0.39, 0.29) is 0 Å². The van der Waals surface area contributed by atoms with Crippen molar-refractivity contribution >= 4 is 43.4 Å². The maximum atomic E-state index is 6.40. The lowest BCUT2D eigenvalue weighted by atomic mass is 9.90. The number of hydrogen-bond acceptors (Lipinski definition) is 1. The first kappa shape index (κ1) is 26.1. The number of benzene rings is 8. The quantitative estimate of drug-likeness (QED) is 0.197. The van der Waals surface area contributed by atoms with Gasteiger partial charge in [0.25, 0.3) is 0 Å². The SMILES string of the molecule is Cc1ccc(-c2ccc3c(c2)-c2cccc4cccc(c24)O3)cc1-c1ccccc1-n1c2ccccc2c2c3ccccc3ccc21. The van der Waals surface area contributed by atoms with Crippen LogP contribution in [-0.4, -0.2) is 4.57 Å². The summed E-state index contributed by atoms with van der Waals surface area (Å²) in [6.45, 7) is 2.22. The minimum Gasteiger partial charge on any atom is -0.456 e. The van der Waals surface area contributed by atoms with E-state index < -0.39 is 0 Å². The zero-order valence-corrected chi connectivity index (χ0v) is 25.9. The van der Waals surface area contributed by atoms with Crippen molar-refractivity contribution in [3.05, 3.63) is 163 Å². The predicted molar refractivity (Wildman–Crippen MR) is 197 cm³/mol.